The Labute approximate surface area is 305 Å². The Morgan fingerprint density at radius 1 is 0.745 bits per heavy atom. The van der Waals surface area contributed by atoms with Crippen molar-refractivity contribution >= 4 is 0 Å². The molecule has 0 bridgehead atoms. The molecular formula is C41H68O10. The quantitative estimate of drug-likeness (QED) is 0.173. The average Bonchev–Trinajstić information content (AvgIpc) is 3.48. The largest absolute Gasteiger partial charge is 0.396 e. The second kappa shape index (κ2) is 13.2. The van der Waals surface area contributed by atoms with Crippen molar-refractivity contribution in [2.45, 2.75) is 174 Å². The van der Waals surface area contributed by atoms with Crippen molar-refractivity contribution in [1.82, 2.24) is 0 Å². The van der Waals surface area contributed by atoms with Crippen LogP contribution in [0.5, 0.6) is 0 Å². The van der Waals surface area contributed by atoms with Crippen molar-refractivity contribution in [2.24, 2.45) is 56.7 Å². The molecule has 0 aromatic heterocycles. The lowest BCUT2D eigenvalue weighted by atomic mass is 9.32. The zero-order valence-corrected chi connectivity index (χ0v) is 32.2. The molecule has 2 saturated heterocycles. The number of allylic oxidation sites excluding steroid dienone is 1. The molecule has 6 N–H and O–H groups in total. The fourth-order valence-corrected chi connectivity index (χ4v) is 14.2. The highest BCUT2D eigenvalue weighted by Crippen LogP contribution is 2.77. The maximum absolute atomic E-state index is 11.1. The highest BCUT2D eigenvalue weighted by molar-refractivity contribution is 5.21. The molecule has 292 valence electrons. The SMILES string of the molecule is C=C(C)[C@@H]1CC[C@]2(CO)CC[C@]3(C)[C@H](CC[C@@H]4[C@@]5(C)CC[C@@H](O[C@@H]6OC[C@H](O)[C@H](O)[C@H]6O[C@@H]6O[C@@H](C)[C@H](O)[C@@H](O)[C@H]6O)C(C)(C)[C@@H]5CC[C@]43C)[C@@H]12. The van der Waals surface area contributed by atoms with Crippen LogP contribution in [0.2, 0.25) is 0 Å². The molecule has 7 aliphatic rings. The van der Waals surface area contributed by atoms with Gasteiger partial charge in [0, 0.05) is 6.61 Å². The number of aliphatic hydroxyl groups is 6. The van der Waals surface area contributed by atoms with E-state index in [0.29, 0.717) is 36.2 Å². The molecule has 0 unspecified atom stereocenters. The van der Waals surface area contributed by atoms with Crippen LogP contribution in [0, 0.1) is 56.7 Å². The lowest BCUT2D eigenvalue weighted by Crippen LogP contribution is -2.67. The molecule has 7 rings (SSSR count). The minimum absolute atomic E-state index is 0.0440. The fourth-order valence-electron chi connectivity index (χ4n) is 14.2. The van der Waals surface area contributed by atoms with Crippen LogP contribution in [0.15, 0.2) is 12.2 Å². The Morgan fingerprint density at radius 2 is 1.47 bits per heavy atom. The molecule has 0 amide bonds. The molecule has 10 nitrogen and oxygen atoms in total. The average molecular weight is 721 g/mol. The molecule has 2 heterocycles. The standard InChI is InChI=1S/C41H68O10/c1-21(2)23-11-16-41(20-42)18-17-39(7)24(29(23)41)9-10-27-38(6)14-13-28(37(4,5)26(38)12-15-40(27,39)8)50-36-34(31(45)25(43)19-48-36)51-35-33(47)32(46)30(44)22(3)49-35/h22-36,42-47H,1,9-20H2,2-8H3/t22-,23-,24+,25-,26-,27+,28+,29+,30-,31-,32+,33+,34+,35-,36-,38-,39+,40+,41+/m0/s1. The summed E-state index contributed by atoms with van der Waals surface area (Å²) in [5, 5.41) is 63.8. The molecule has 2 aliphatic heterocycles. The van der Waals surface area contributed by atoms with Crippen molar-refractivity contribution in [1.29, 1.82) is 0 Å². The number of ether oxygens (including phenoxy) is 4. The lowest BCUT2D eigenvalue weighted by Gasteiger charge is -2.73. The molecule has 10 heteroatoms. The maximum atomic E-state index is 11.1. The molecule has 5 aliphatic carbocycles. The Kier molecular flexibility index (Phi) is 10.0. The van der Waals surface area contributed by atoms with Crippen LogP contribution in [-0.4, -0.2) is 105 Å². The highest BCUT2D eigenvalue weighted by atomic mass is 16.8. The van der Waals surface area contributed by atoms with Crippen molar-refractivity contribution in [3.8, 4) is 0 Å². The van der Waals surface area contributed by atoms with E-state index in [2.05, 4.69) is 48.1 Å². The summed E-state index contributed by atoms with van der Waals surface area (Å²) in [6.45, 7) is 20.9. The van der Waals surface area contributed by atoms with E-state index in [1.165, 1.54) is 24.8 Å². The Morgan fingerprint density at radius 3 is 2.16 bits per heavy atom. The van der Waals surface area contributed by atoms with Crippen LogP contribution in [0.1, 0.15) is 113 Å². The first kappa shape index (κ1) is 38.6. The monoisotopic (exact) mass is 720 g/mol. The van der Waals surface area contributed by atoms with Gasteiger partial charge in [-0.3, -0.25) is 0 Å². The Hall–Kier alpha value is -0.660. The first-order valence-corrected chi connectivity index (χ1v) is 20.1. The molecule has 0 radical (unpaired) electrons. The van der Waals surface area contributed by atoms with E-state index in [4.69, 9.17) is 18.9 Å². The molecule has 7 fully saturated rings. The molecule has 0 aromatic carbocycles. The van der Waals surface area contributed by atoms with Crippen LogP contribution in [0.25, 0.3) is 0 Å². The van der Waals surface area contributed by atoms with Crippen molar-refractivity contribution in [3.05, 3.63) is 12.2 Å². The van der Waals surface area contributed by atoms with Gasteiger partial charge in [-0.25, -0.2) is 0 Å². The molecule has 0 aromatic rings. The normalized spacial score (nSPS) is 56.7. The van der Waals surface area contributed by atoms with Crippen LogP contribution in [0.3, 0.4) is 0 Å². The third-order valence-electron chi connectivity index (χ3n) is 17.3. The van der Waals surface area contributed by atoms with Crippen molar-refractivity contribution in [3.63, 3.8) is 0 Å². The number of hydrogen-bond acceptors (Lipinski definition) is 10. The van der Waals surface area contributed by atoms with Gasteiger partial charge in [0.2, 0.25) is 0 Å². The van der Waals surface area contributed by atoms with Gasteiger partial charge in [-0.05, 0) is 135 Å². The third-order valence-corrected chi connectivity index (χ3v) is 17.3. The van der Waals surface area contributed by atoms with Crippen LogP contribution >= 0.6 is 0 Å². The first-order chi connectivity index (χ1) is 23.9. The lowest BCUT2D eigenvalue weighted by molar-refractivity contribution is -0.365. The highest BCUT2D eigenvalue weighted by Gasteiger charge is 2.71. The Bertz CT molecular complexity index is 1310. The molecule has 0 spiro atoms. The van der Waals surface area contributed by atoms with E-state index in [1.54, 1.807) is 6.92 Å². The number of fused-ring (bicyclic) bond motifs is 7. The van der Waals surface area contributed by atoms with Gasteiger partial charge in [-0.2, -0.15) is 0 Å². The summed E-state index contributed by atoms with van der Waals surface area (Å²) in [6.07, 6.45) is -0.442. The number of rotatable bonds is 6. The van der Waals surface area contributed by atoms with Gasteiger partial charge in [0.25, 0.3) is 0 Å². The third kappa shape index (κ3) is 5.61. The first-order valence-electron chi connectivity index (χ1n) is 20.1. The molecular weight excluding hydrogens is 652 g/mol. The van der Waals surface area contributed by atoms with Crippen LogP contribution in [0.4, 0.5) is 0 Å². The second-order valence-electron chi connectivity index (χ2n) is 19.7. The van der Waals surface area contributed by atoms with E-state index in [9.17, 15) is 30.6 Å². The maximum Gasteiger partial charge on any atom is 0.187 e. The predicted octanol–water partition coefficient (Wildman–Crippen LogP) is 4.31. The van der Waals surface area contributed by atoms with Crippen molar-refractivity contribution in [2.75, 3.05) is 13.2 Å². The summed E-state index contributed by atoms with van der Waals surface area (Å²) >= 11 is 0. The second-order valence-corrected chi connectivity index (χ2v) is 19.7. The van der Waals surface area contributed by atoms with Gasteiger partial charge in [0.1, 0.15) is 36.6 Å². The van der Waals surface area contributed by atoms with Gasteiger partial charge in [-0.1, -0.05) is 46.8 Å². The van der Waals surface area contributed by atoms with Crippen molar-refractivity contribution < 1.29 is 49.6 Å². The van der Waals surface area contributed by atoms with E-state index < -0.39 is 55.3 Å². The summed E-state index contributed by atoms with van der Waals surface area (Å²) in [7, 11) is 0. The van der Waals surface area contributed by atoms with Crippen LogP contribution < -0.4 is 0 Å². The van der Waals surface area contributed by atoms with Gasteiger partial charge >= 0.3 is 0 Å². The summed E-state index contributed by atoms with van der Waals surface area (Å²) in [5.74, 6) is 2.58. The molecule has 5 saturated carbocycles. The van der Waals surface area contributed by atoms with Crippen LogP contribution in [-0.2, 0) is 18.9 Å². The van der Waals surface area contributed by atoms with Gasteiger partial charge in [0.05, 0.1) is 18.8 Å². The summed E-state index contributed by atoms with van der Waals surface area (Å²) in [4.78, 5) is 0. The fraction of sp³-hybridized carbons (Fsp3) is 0.951. The zero-order valence-electron chi connectivity index (χ0n) is 32.2. The van der Waals surface area contributed by atoms with E-state index in [-0.39, 0.29) is 39.8 Å². The Balaban J connectivity index is 1.11. The summed E-state index contributed by atoms with van der Waals surface area (Å²) < 4.78 is 24.5. The smallest absolute Gasteiger partial charge is 0.187 e. The molecule has 51 heavy (non-hydrogen) atoms. The minimum atomic E-state index is -1.56. The minimum Gasteiger partial charge on any atom is -0.396 e. The summed E-state index contributed by atoms with van der Waals surface area (Å²) in [5.41, 5.74) is 1.62. The van der Waals surface area contributed by atoms with Gasteiger partial charge in [-0.15, -0.1) is 0 Å². The van der Waals surface area contributed by atoms with E-state index in [0.717, 1.165) is 44.9 Å². The number of aliphatic hydroxyl groups excluding tert-OH is 6. The molecule has 19 atom stereocenters. The topological polar surface area (TPSA) is 158 Å². The van der Waals surface area contributed by atoms with Gasteiger partial charge < -0.3 is 49.6 Å². The van der Waals surface area contributed by atoms with E-state index >= 15 is 0 Å². The summed E-state index contributed by atoms with van der Waals surface area (Å²) in [6, 6.07) is 0. The van der Waals surface area contributed by atoms with Gasteiger partial charge in [0.15, 0.2) is 12.6 Å². The van der Waals surface area contributed by atoms with E-state index in [1.807, 2.05) is 0 Å². The number of hydrogen-bond donors (Lipinski definition) is 6. The zero-order chi connectivity index (χ0) is 37.1. The predicted molar refractivity (Wildman–Crippen MR) is 190 cm³/mol.